The third kappa shape index (κ3) is 3.90. The molecule has 1 aliphatic rings. The standard InChI is InChI=1S/C21H19N3O6/c1-12(2)13-4-6-15(7-5-13)23-20(26)17(19(25)22-21(23)27)11-14-10-16(24(28)29)8-9-18(14)30-3/h4-12H,1-3H3,(H,22,25,27). The van der Waals surface area contributed by atoms with E-state index in [1.54, 1.807) is 24.3 Å². The lowest BCUT2D eigenvalue weighted by atomic mass is 10.0. The highest BCUT2D eigenvalue weighted by Gasteiger charge is 2.37. The van der Waals surface area contributed by atoms with Gasteiger partial charge in [-0.1, -0.05) is 26.0 Å². The van der Waals surface area contributed by atoms with Crippen molar-refractivity contribution in [2.75, 3.05) is 12.0 Å². The molecule has 154 valence electrons. The number of urea groups is 1. The monoisotopic (exact) mass is 409 g/mol. The zero-order valence-corrected chi connectivity index (χ0v) is 16.5. The first-order chi connectivity index (χ1) is 14.2. The maximum atomic E-state index is 13.0. The van der Waals surface area contributed by atoms with Crippen molar-refractivity contribution in [2.24, 2.45) is 0 Å². The molecule has 1 saturated heterocycles. The van der Waals surface area contributed by atoms with Gasteiger partial charge in [-0.2, -0.15) is 0 Å². The highest BCUT2D eigenvalue weighted by atomic mass is 16.6. The quantitative estimate of drug-likeness (QED) is 0.350. The number of barbiturate groups is 1. The van der Waals surface area contributed by atoms with E-state index in [2.05, 4.69) is 5.32 Å². The SMILES string of the molecule is COc1ccc([N+](=O)[O-])cc1C=C1C(=O)NC(=O)N(c2ccc(C(C)C)cc2)C1=O. The number of carbonyl (C=O) groups is 3. The zero-order chi connectivity index (χ0) is 22.0. The lowest BCUT2D eigenvalue weighted by Gasteiger charge is -2.26. The van der Waals surface area contributed by atoms with Crippen LogP contribution < -0.4 is 15.0 Å². The number of hydrogen-bond acceptors (Lipinski definition) is 6. The molecule has 9 heteroatoms. The minimum Gasteiger partial charge on any atom is -0.496 e. The second-order valence-corrected chi connectivity index (χ2v) is 6.89. The molecule has 0 bridgehead atoms. The maximum Gasteiger partial charge on any atom is 0.335 e. The summed E-state index contributed by atoms with van der Waals surface area (Å²) in [4.78, 5) is 49.0. The van der Waals surface area contributed by atoms with E-state index in [1.807, 2.05) is 13.8 Å². The highest BCUT2D eigenvalue weighted by Crippen LogP contribution is 2.29. The number of benzene rings is 2. The fourth-order valence-electron chi connectivity index (χ4n) is 3.00. The van der Waals surface area contributed by atoms with Crippen molar-refractivity contribution < 1.29 is 24.0 Å². The normalized spacial score (nSPS) is 15.5. The van der Waals surface area contributed by atoms with Gasteiger partial charge in [-0.3, -0.25) is 25.0 Å². The van der Waals surface area contributed by atoms with E-state index in [0.717, 1.165) is 10.5 Å². The van der Waals surface area contributed by atoms with Crippen molar-refractivity contribution in [1.29, 1.82) is 0 Å². The van der Waals surface area contributed by atoms with Crippen LogP contribution in [0.5, 0.6) is 5.75 Å². The third-order valence-electron chi connectivity index (χ3n) is 4.64. The summed E-state index contributed by atoms with van der Waals surface area (Å²) < 4.78 is 5.17. The molecule has 1 heterocycles. The summed E-state index contributed by atoms with van der Waals surface area (Å²) in [6.45, 7) is 4.03. The van der Waals surface area contributed by atoms with Crippen molar-refractivity contribution in [1.82, 2.24) is 5.32 Å². The molecule has 3 rings (SSSR count). The Balaban J connectivity index is 2.04. The number of non-ortho nitro benzene ring substituents is 1. The first-order valence-electron chi connectivity index (χ1n) is 9.06. The lowest BCUT2D eigenvalue weighted by molar-refractivity contribution is -0.384. The van der Waals surface area contributed by atoms with E-state index in [-0.39, 0.29) is 28.5 Å². The Hall–Kier alpha value is -4.01. The number of hydrogen-bond donors (Lipinski definition) is 1. The highest BCUT2D eigenvalue weighted by molar-refractivity contribution is 6.39. The van der Waals surface area contributed by atoms with E-state index < -0.39 is 22.8 Å². The van der Waals surface area contributed by atoms with Gasteiger partial charge in [0.15, 0.2) is 0 Å². The Morgan fingerprint density at radius 3 is 2.33 bits per heavy atom. The van der Waals surface area contributed by atoms with Crippen LogP contribution in [0.25, 0.3) is 6.08 Å². The van der Waals surface area contributed by atoms with Crippen LogP contribution in [-0.4, -0.2) is 29.9 Å². The molecule has 2 aromatic carbocycles. The minimum atomic E-state index is -0.895. The average molecular weight is 409 g/mol. The number of methoxy groups -OCH3 is 1. The number of imide groups is 2. The van der Waals surface area contributed by atoms with Gasteiger partial charge in [-0.15, -0.1) is 0 Å². The molecule has 0 spiro atoms. The molecule has 0 aliphatic carbocycles. The number of ether oxygens (including phenoxy) is 1. The predicted molar refractivity (Wildman–Crippen MR) is 109 cm³/mol. The van der Waals surface area contributed by atoms with Crippen LogP contribution in [0.1, 0.15) is 30.9 Å². The topological polar surface area (TPSA) is 119 Å². The Kier molecular flexibility index (Phi) is 5.63. The van der Waals surface area contributed by atoms with E-state index >= 15 is 0 Å². The molecule has 1 aliphatic heterocycles. The second-order valence-electron chi connectivity index (χ2n) is 6.89. The molecule has 0 saturated carbocycles. The molecule has 2 aromatic rings. The molecular formula is C21H19N3O6. The number of amides is 4. The Morgan fingerprint density at radius 1 is 1.10 bits per heavy atom. The first kappa shape index (κ1) is 20.7. The van der Waals surface area contributed by atoms with Crippen molar-refractivity contribution in [3.8, 4) is 5.75 Å². The number of nitro groups is 1. The van der Waals surface area contributed by atoms with Crippen LogP contribution in [0.2, 0.25) is 0 Å². The van der Waals surface area contributed by atoms with E-state index in [0.29, 0.717) is 5.69 Å². The fourth-order valence-corrected chi connectivity index (χ4v) is 3.00. The van der Waals surface area contributed by atoms with Gasteiger partial charge >= 0.3 is 6.03 Å². The third-order valence-corrected chi connectivity index (χ3v) is 4.64. The summed E-state index contributed by atoms with van der Waals surface area (Å²) >= 11 is 0. The molecule has 0 radical (unpaired) electrons. The van der Waals surface area contributed by atoms with Crippen LogP contribution in [-0.2, 0) is 9.59 Å². The van der Waals surface area contributed by atoms with E-state index in [1.165, 1.54) is 31.4 Å². The summed E-state index contributed by atoms with van der Waals surface area (Å²) in [6.07, 6.45) is 1.17. The van der Waals surface area contributed by atoms with Crippen molar-refractivity contribution in [2.45, 2.75) is 19.8 Å². The molecule has 1 fully saturated rings. The average Bonchev–Trinajstić information content (AvgIpc) is 2.71. The summed E-state index contributed by atoms with van der Waals surface area (Å²) in [5.41, 5.74) is 0.905. The van der Waals surface area contributed by atoms with Crippen LogP contribution in [0.4, 0.5) is 16.2 Å². The van der Waals surface area contributed by atoms with E-state index in [9.17, 15) is 24.5 Å². The predicted octanol–water partition coefficient (Wildman–Crippen LogP) is 3.39. The molecular weight excluding hydrogens is 390 g/mol. The number of anilines is 1. The Labute approximate surface area is 172 Å². The van der Waals surface area contributed by atoms with Gasteiger partial charge < -0.3 is 4.74 Å². The number of nitrogens with one attached hydrogen (secondary N) is 1. The summed E-state index contributed by atoms with van der Waals surface area (Å²) in [5.74, 6) is -1.23. The van der Waals surface area contributed by atoms with Crippen LogP contribution in [0.3, 0.4) is 0 Å². The van der Waals surface area contributed by atoms with Gasteiger partial charge in [0.25, 0.3) is 17.5 Å². The van der Waals surface area contributed by atoms with Gasteiger partial charge in [0.05, 0.1) is 17.7 Å². The van der Waals surface area contributed by atoms with Crippen LogP contribution >= 0.6 is 0 Å². The molecule has 0 unspecified atom stereocenters. The molecule has 30 heavy (non-hydrogen) atoms. The second kappa shape index (κ2) is 8.16. The van der Waals surface area contributed by atoms with Gasteiger partial charge in [0.2, 0.25) is 0 Å². The van der Waals surface area contributed by atoms with Gasteiger partial charge in [0, 0.05) is 17.7 Å². The Morgan fingerprint density at radius 2 is 1.77 bits per heavy atom. The van der Waals surface area contributed by atoms with Crippen LogP contribution in [0, 0.1) is 10.1 Å². The van der Waals surface area contributed by atoms with Gasteiger partial charge in [-0.25, -0.2) is 9.69 Å². The fraction of sp³-hybridized carbons (Fsp3) is 0.190. The molecule has 0 atom stereocenters. The Bertz CT molecular complexity index is 1070. The number of rotatable bonds is 5. The first-order valence-corrected chi connectivity index (χ1v) is 9.06. The zero-order valence-electron chi connectivity index (χ0n) is 16.5. The van der Waals surface area contributed by atoms with Crippen molar-refractivity contribution in [3.05, 3.63) is 69.3 Å². The molecule has 0 aromatic heterocycles. The molecule has 4 amide bonds. The number of carbonyl (C=O) groups excluding carboxylic acids is 3. The summed E-state index contributed by atoms with van der Waals surface area (Å²) in [7, 11) is 1.36. The van der Waals surface area contributed by atoms with Crippen LogP contribution in [0.15, 0.2) is 48.0 Å². The smallest absolute Gasteiger partial charge is 0.335 e. The minimum absolute atomic E-state index is 0.162. The molecule has 1 N–H and O–H groups in total. The van der Waals surface area contributed by atoms with Crippen molar-refractivity contribution in [3.63, 3.8) is 0 Å². The maximum absolute atomic E-state index is 13.0. The molecule has 9 nitrogen and oxygen atoms in total. The lowest BCUT2D eigenvalue weighted by Crippen LogP contribution is -2.54. The van der Waals surface area contributed by atoms with Gasteiger partial charge in [0.1, 0.15) is 11.3 Å². The largest absolute Gasteiger partial charge is 0.496 e. The summed E-state index contributed by atoms with van der Waals surface area (Å²) in [5, 5.41) is 13.2. The van der Waals surface area contributed by atoms with Gasteiger partial charge in [-0.05, 0) is 35.8 Å². The summed E-state index contributed by atoms with van der Waals surface area (Å²) in [6, 6.07) is 9.75. The number of nitro benzene ring substituents is 1. The number of nitrogens with zero attached hydrogens (tertiary/aromatic N) is 2. The van der Waals surface area contributed by atoms with Crippen molar-refractivity contribution >= 4 is 35.3 Å². The van der Waals surface area contributed by atoms with E-state index in [4.69, 9.17) is 4.74 Å².